The second kappa shape index (κ2) is 7.40. The maximum Gasteiger partial charge on any atom is 0.313 e. The smallest absolute Gasteiger partial charge is 0.313 e. The molecular formula is C18H14FNO5S. The van der Waals surface area contributed by atoms with E-state index >= 15 is 0 Å². The molecular weight excluding hydrogens is 361 g/mol. The molecule has 0 aliphatic rings. The van der Waals surface area contributed by atoms with E-state index in [4.69, 9.17) is 8.60 Å². The molecule has 3 aromatic rings. The first-order valence-electron chi connectivity index (χ1n) is 7.53. The van der Waals surface area contributed by atoms with Crippen LogP contribution in [0.25, 0.3) is 0 Å². The van der Waals surface area contributed by atoms with Crippen molar-refractivity contribution in [3.63, 3.8) is 0 Å². The summed E-state index contributed by atoms with van der Waals surface area (Å²) in [5.74, 6) is -0.994. The van der Waals surface area contributed by atoms with Gasteiger partial charge in [-0.25, -0.2) is 4.39 Å². The van der Waals surface area contributed by atoms with Crippen LogP contribution in [0.5, 0.6) is 5.75 Å². The standard InChI is InChI=1S/C18H14FNO5S/c19-14-5-3-13(4-6-14)12-26(22,23)25-16-9-7-15(8-10-16)20-18(21)17-2-1-11-24-17/h1-11H,12H2,(H,20,21). The van der Waals surface area contributed by atoms with Crippen molar-refractivity contribution in [3.05, 3.63) is 84.1 Å². The number of hydrogen-bond acceptors (Lipinski definition) is 5. The highest BCUT2D eigenvalue weighted by Crippen LogP contribution is 2.20. The van der Waals surface area contributed by atoms with Gasteiger partial charge in [0.15, 0.2) is 5.76 Å². The normalized spacial score (nSPS) is 11.1. The van der Waals surface area contributed by atoms with Crippen LogP contribution in [0, 0.1) is 5.82 Å². The first-order chi connectivity index (χ1) is 12.4. The number of hydrogen-bond donors (Lipinski definition) is 1. The van der Waals surface area contributed by atoms with Crippen LogP contribution in [-0.2, 0) is 15.9 Å². The Bertz CT molecular complexity index is 981. The minimum absolute atomic E-state index is 0.100. The minimum Gasteiger partial charge on any atom is -0.459 e. The van der Waals surface area contributed by atoms with E-state index in [1.807, 2.05) is 0 Å². The van der Waals surface area contributed by atoms with Gasteiger partial charge in [0.2, 0.25) is 0 Å². The van der Waals surface area contributed by atoms with Gasteiger partial charge in [0.05, 0.1) is 6.26 Å². The molecule has 0 atom stereocenters. The second-order valence-corrected chi connectivity index (χ2v) is 6.94. The molecule has 1 aromatic heterocycles. The topological polar surface area (TPSA) is 85.6 Å². The van der Waals surface area contributed by atoms with E-state index in [1.165, 1.54) is 60.9 Å². The van der Waals surface area contributed by atoms with E-state index in [0.717, 1.165) is 0 Å². The molecule has 0 fully saturated rings. The van der Waals surface area contributed by atoms with Crippen molar-refractivity contribution in [1.29, 1.82) is 0 Å². The van der Waals surface area contributed by atoms with Crippen LogP contribution in [-0.4, -0.2) is 14.3 Å². The van der Waals surface area contributed by atoms with Crippen LogP contribution < -0.4 is 9.50 Å². The molecule has 3 rings (SSSR count). The zero-order chi connectivity index (χ0) is 18.6. The summed E-state index contributed by atoms with van der Waals surface area (Å²) < 4.78 is 47.0. The maximum absolute atomic E-state index is 12.9. The van der Waals surface area contributed by atoms with Crippen molar-refractivity contribution < 1.29 is 26.2 Å². The number of amides is 1. The molecule has 0 saturated heterocycles. The fraction of sp³-hybridized carbons (Fsp3) is 0.0556. The van der Waals surface area contributed by atoms with Gasteiger partial charge in [-0.3, -0.25) is 4.79 Å². The zero-order valence-electron chi connectivity index (χ0n) is 13.4. The third kappa shape index (κ3) is 4.70. The molecule has 1 N–H and O–H groups in total. The van der Waals surface area contributed by atoms with Gasteiger partial charge < -0.3 is 13.9 Å². The van der Waals surface area contributed by atoms with Gasteiger partial charge in [0.1, 0.15) is 17.3 Å². The quantitative estimate of drug-likeness (QED) is 0.666. The van der Waals surface area contributed by atoms with E-state index in [2.05, 4.69) is 5.32 Å². The Morgan fingerprint density at radius 3 is 2.35 bits per heavy atom. The fourth-order valence-electron chi connectivity index (χ4n) is 2.16. The molecule has 0 aliphatic carbocycles. The summed E-state index contributed by atoms with van der Waals surface area (Å²) in [5.41, 5.74) is 0.864. The van der Waals surface area contributed by atoms with Crippen molar-refractivity contribution in [3.8, 4) is 5.75 Å². The Labute approximate surface area is 149 Å². The highest BCUT2D eigenvalue weighted by Gasteiger charge is 2.15. The number of rotatable bonds is 6. The Kier molecular flexibility index (Phi) is 5.04. The molecule has 1 heterocycles. The zero-order valence-corrected chi connectivity index (χ0v) is 14.2. The Morgan fingerprint density at radius 2 is 1.73 bits per heavy atom. The molecule has 26 heavy (non-hydrogen) atoms. The van der Waals surface area contributed by atoms with Crippen molar-refractivity contribution in [1.82, 2.24) is 0 Å². The monoisotopic (exact) mass is 375 g/mol. The molecule has 134 valence electrons. The molecule has 1 amide bonds. The number of furan rings is 1. The lowest BCUT2D eigenvalue weighted by Gasteiger charge is -2.08. The number of benzene rings is 2. The first kappa shape index (κ1) is 17.7. The third-order valence-corrected chi connectivity index (χ3v) is 4.47. The van der Waals surface area contributed by atoms with Crippen LogP contribution in [0.3, 0.4) is 0 Å². The van der Waals surface area contributed by atoms with E-state index in [-0.39, 0.29) is 17.3 Å². The van der Waals surface area contributed by atoms with Gasteiger partial charge in [-0.2, -0.15) is 8.42 Å². The van der Waals surface area contributed by atoms with Gasteiger partial charge in [0, 0.05) is 5.69 Å². The van der Waals surface area contributed by atoms with Gasteiger partial charge in [0.25, 0.3) is 5.91 Å². The van der Waals surface area contributed by atoms with Gasteiger partial charge in [-0.15, -0.1) is 0 Å². The average Bonchev–Trinajstić information content (AvgIpc) is 3.13. The molecule has 0 radical (unpaired) electrons. The summed E-state index contributed by atoms with van der Waals surface area (Å²) in [6, 6.07) is 14.1. The lowest BCUT2D eigenvalue weighted by Crippen LogP contribution is -2.13. The van der Waals surface area contributed by atoms with Gasteiger partial charge in [-0.05, 0) is 54.1 Å². The molecule has 6 nitrogen and oxygen atoms in total. The summed E-state index contributed by atoms with van der Waals surface area (Å²) in [4.78, 5) is 11.9. The van der Waals surface area contributed by atoms with E-state index < -0.39 is 21.8 Å². The fourth-order valence-corrected chi connectivity index (χ4v) is 3.22. The molecule has 0 saturated carbocycles. The highest BCUT2D eigenvalue weighted by molar-refractivity contribution is 7.86. The summed E-state index contributed by atoms with van der Waals surface area (Å²) in [7, 11) is -3.90. The highest BCUT2D eigenvalue weighted by atomic mass is 32.2. The Balaban J connectivity index is 1.63. The number of anilines is 1. The summed E-state index contributed by atoms with van der Waals surface area (Å²) in [5, 5.41) is 2.61. The number of carbonyl (C=O) groups excluding carboxylic acids is 1. The second-order valence-electron chi connectivity index (χ2n) is 5.37. The lowest BCUT2D eigenvalue weighted by atomic mass is 10.2. The lowest BCUT2D eigenvalue weighted by molar-refractivity contribution is 0.0996. The maximum atomic E-state index is 12.9. The van der Waals surface area contributed by atoms with E-state index in [0.29, 0.717) is 11.3 Å². The Hall–Kier alpha value is -3.13. The predicted octanol–water partition coefficient (Wildman–Crippen LogP) is 3.58. The number of carbonyl (C=O) groups is 1. The summed E-state index contributed by atoms with van der Waals surface area (Å²) in [6.45, 7) is 0. The van der Waals surface area contributed by atoms with Gasteiger partial charge in [-0.1, -0.05) is 12.1 Å². The van der Waals surface area contributed by atoms with Crippen molar-refractivity contribution in [2.45, 2.75) is 5.75 Å². The SMILES string of the molecule is O=C(Nc1ccc(OS(=O)(=O)Cc2ccc(F)cc2)cc1)c1ccco1. The number of nitrogens with one attached hydrogen (secondary N) is 1. The van der Waals surface area contributed by atoms with Crippen LogP contribution in [0.15, 0.2) is 71.3 Å². The first-order valence-corrected chi connectivity index (χ1v) is 9.10. The average molecular weight is 375 g/mol. The van der Waals surface area contributed by atoms with Crippen LogP contribution in [0.2, 0.25) is 0 Å². The summed E-state index contributed by atoms with van der Waals surface area (Å²) in [6.07, 6.45) is 1.39. The molecule has 0 aliphatic heterocycles. The number of halogens is 1. The van der Waals surface area contributed by atoms with E-state index in [9.17, 15) is 17.6 Å². The minimum atomic E-state index is -3.90. The molecule has 0 unspecified atom stereocenters. The largest absolute Gasteiger partial charge is 0.459 e. The van der Waals surface area contributed by atoms with Crippen LogP contribution in [0.1, 0.15) is 16.1 Å². The van der Waals surface area contributed by atoms with Gasteiger partial charge >= 0.3 is 10.1 Å². The van der Waals surface area contributed by atoms with E-state index in [1.54, 1.807) is 6.07 Å². The predicted molar refractivity (Wildman–Crippen MR) is 92.8 cm³/mol. The molecule has 2 aromatic carbocycles. The van der Waals surface area contributed by atoms with Crippen LogP contribution >= 0.6 is 0 Å². The van der Waals surface area contributed by atoms with Crippen LogP contribution in [0.4, 0.5) is 10.1 Å². The molecule has 0 bridgehead atoms. The van der Waals surface area contributed by atoms with Crippen molar-refractivity contribution in [2.75, 3.05) is 5.32 Å². The van der Waals surface area contributed by atoms with Crippen molar-refractivity contribution in [2.24, 2.45) is 0 Å². The Morgan fingerprint density at radius 1 is 1.04 bits per heavy atom. The molecule has 0 spiro atoms. The summed E-state index contributed by atoms with van der Waals surface area (Å²) >= 11 is 0. The van der Waals surface area contributed by atoms with Crippen molar-refractivity contribution >= 4 is 21.7 Å². The molecule has 8 heteroatoms. The third-order valence-electron chi connectivity index (χ3n) is 3.34.